The summed E-state index contributed by atoms with van der Waals surface area (Å²) in [7, 11) is 0. The molecule has 1 aliphatic carbocycles. The van der Waals surface area contributed by atoms with E-state index in [1.807, 2.05) is 0 Å². The van der Waals surface area contributed by atoms with Crippen LogP contribution in [0.2, 0.25) is 0 Å². The van der Waals surface area contributed by atoms with Crippen LogP contribution in [-0.2, 0) is 6.54 Å². The normalized spacial score (nSPS) is 22.8. The van der Waals surface area contributed by atoms with Gasteiger partial charge in [-0.3, -0.25) is 4.90 Å². The molecule has 2 aliphatic rings. The van der Waals surface area contributed by atoms with E-state index in [-0.39, 0.29) is 12.4 Å². The Morgan fingerprint density at radius 1 is 1.18 bits per heavy atom. The maximum absolute atomic E-state index is 3.57. The summed E-state index contributed by atoms with van der Waals surface area (Å²) in [5.74, 6) is 0. The SMILES string of the molecule is Cl.c1ccc(CN2CCCNCC23CC3)cc1. The van der Waals surface area contributed by atoms with Crippen molar-refractivity contribution in [3.05, 3.63) is 35.9 Å². The van der Waals surface area contributed by atoms with Gasteiger partial charge >= 0.3 is 0 Å². The summed E-state index contributed by atoms with van der Waals surface area (Å²) in [6, 6.07) is 10.9. The average molecular weight is 253 g/mol. The first-order valence-corrected chi connectivity index (χ1v) is 6.39. The maximum Gasteiger partial charge on any atom is 0.0338 e. The topological polar surface area (TPSA) is 15.3 Å². The van der Waals surface area contributed by atoms with Crippen molar-refractivity contribution in [2.24, 2.45) is 0 Å². The summed E-state index contributed by atoms with van der Waals surface area (Å²) in [6.07, 6.45) is 4.05. The van der Waals surface area contributed by atoms with Crippen molar-refractivity contribution >= 4 is 12.4 Å². The van der Waals surface area contributed by atoms with E-state index >= 15 is 0 Å². The average Bonchev–Trinajstić information content (AvgIpc) is 3.12. The zero-order valence-electron chi connectivity index (χ0n) is 10.2. The highest BCUT2D eigenvalue weighted by atomic mass is 35.5. The second-order valence-corrected chi connectivity index (χ2v) is 5.16. The summed E-state index contributed by atoms with van der Waals surface area (Å²) in [4.78, 5) is 2.70. The molecule has 2 nitrogen and oxygen atoms in total. The molecule has 0 atom stereocenters. The molecule has 1 saturated carbocycles. The van der Waals surface area contributed by atoms with E-state index in [4.69, 9.17) is 0 Å². The highest BCUT2D eigenvalue weighted by Crippen LogP contribution is 2.42. The van der Waals surface area contributed by atoms with Crippen molar-refractivity contribution in [3.8, 4) is 0 Å². The van der Waals surface area contributed by atoms with Crippen LogP contribution in [0.15, 0.2) is 30.3 Å². The molecule has 0 bridgehead atoms. The Morgan fingerprint density at radius 3 is 2.65 bits per heavy atom. The Kier molecular flexibility index (Phi) is 4.08. The summed E-state index contributed by atoms with van der Waals surface area (Å²) < 4.78 is 0. The third-order valence-corrected chi connectivity index (χ3v) is 3.95. The Balaban J connectivity index is 0.00000108. The monoisotopic (exact) mass is 252 g/mol. The molecule has 3 rings (SSSR count). The van der Waals surface area contributed by atoms with Crippen molar-refractivity contribution in [2.45, 2.75) is 31.3 Å². The Bertz CT molecular complexity index is 348. The van der Waals surface area contributed by atoms with E-state index in [0.29, 0.717) is 5.54 Å². The molecule has 3 heteroatoms. The standard InChI is InChI=1S/C14H20N2.ClH/c1-2-5-13(6-3-1)11-16-10-4-9-15-12-14(16)7-8-14;/h1-3,5-6,15H,4,7-12H2;1H. The smallest absolute Gasteiger partial charge is 0.0338 e. The van der Waals surface area contributed by atoms with Crippen molar-refractivity contribution in [1.29, 1.82) is 0 Å². The fourth-order valence-corrected chi connectivity index (χ4v) is 2.75. The molecule has 0 unspecified atom stereocenters. The molecule has 1 N–H and O–H groups in total. The number of hydrogen-bond donors (Lipinski definition) is 1. The van der Waals surface area contributed by atoms with E-state index in [1.54, 1.807) is 0 Å². The summed E-state index contributed by atoms with van der Waals surface area (Å²) in [6.45, 7) is 4.76. The molecule has 0 amide bonds. The van der Waals surface area contributed by atoms with Gasteiger partial charge in [0.25, 0.3) is 0 Å². The van der Waals surface area contributed by atoms with Gasteiger partial charge in [0.05, 0.1) is 0 Å². The zero-order chi connectivity index (χ0) is 10.8. The highest BCUT2D eigenvalue weighted by Gasteiger charge is 2.47. The third-order valence-electron chi connectivity index (χ3n) is 3.95. The second-order valence-electron chi connectivity index (χ2n) is 5.16. The summed E-state index contributed by atoms with van der Waals surface area (Å²) in [5, 5.41) is 3.57. The number of halogens is 1. The van der Waals surface area contributed by atoms with E-state index in [2.05, 4.69) is 40.5 Å². The molecule has 1 aromatic rings. The number of benzene rings is 1. The zero-order valence-corrected chi connectivity index (χ0v) is 11.0. The van der Waals surface area contributed by atoms with Crippen LogP contribution in [0.1, 0.15) is 24.8 Å². The summed E-state index contributed by atoms with van der Waals surface area (Å²) in [5.41, 5.74) is 1.96. The van der Waals surface area contributed by atoms with Crippen molar-refractivity contribution in [1.82, 2.24) is 10.2 Å². The van der Waals surface area contributed by atoms with Crippen LogP contribution >= 0.6 is 12.4 Å². The van der Waals surface area contributed by atoms with Crippen LogP contribution in [-0.4, -0.2) is 30.1 Å². The molecule has 1 saturated heterocycles. The first-order chi connectivity index (χ1) is 7.89. The van der Waals surface area contributed by atoms with Gasteiger partial charge in [0.2, 0.25) is 0 Å². The lowest BCUT2D eigenvalue weighted by Gasteiger charge is -2.29. The van der Waals surface area contributed by atoms with Gasteiger partial charge < -0.3 is 5.32 Å². The van der Waals surface area contributed by atoms with Crippen LogP contribution < -0.4 is 5.32 Å². The molecule has 2 fully saturated rings. The molecular weight excluding hydrogens is 232 g/mol. The predicted octanol–water partition coefficient (Wildman–Crippen LogP) is 2.44. The van der Waals surface area contributed by atoms with Crippen molar-refractivity contribution in [2.75, 3.05) is 19.6 Å². The van der Waals surface area contributed by atoms with Gasteiger partial charge in [0, 0.05) is 25.2 Å². The molecule has 0 radical (unpaired) electrons. The number of hydrogen-bond acceptors (Lipinski definition) is 2. The van der Waals surface area contributed by atoms with Gasteiger partial charge in [-0.15, -0.1) is 12.4 Å². The Hall–Kier alpha value is -0.570. The molecule has 1 aliphatic heterocycles. The largest absolute Gasteiger partial charge is 0.315 e. The van der Waals surface area contributed by atoms with Gasteiger partial charge in [-0.1, -0.05) is 30.3 Å². The van der Waals surface area contributed by atoms with Crippen LogP contribution in [0.25, 0.3) is 0 Å². The van der Waals surface area contributed by atoms with Gasteiger partial charge in [0.1, 0.15) is 0 Å². The van der Waals surface area contributed by atoms with E-state index in [9.17, 15) is 0 Å². The minimum atomic E-state index is 0. The fourth-order valence-electron chi connectivity index (χ4n) is 2.75. The van der Waals surface area contributed by atoms with E-state index < -0.39 is 0 Å². The first kappa shape index (κ1) is 12.9. The van der Waals surface area contributed by atoms with Gasteiger partial charge in [-0.2, -0.15) is 0 Å². The van der Waals surface area contributed by atoms with Crippen molar-refractivity contribution in [3.63, 3.8) is 0 Å². The quantitative estimate of drug-likeness (QED) is 0.870. The van der Waals surface area contributed by atoms with E-state index in [0.717, 1.165) is 6.54 Å². The molecule has 94 valence electrons. The van der Waals surface area contributed by atoms with Gasteiger partial charge in [0.15, 0.2) is 0 Å². The Morgan fingerprint density at radius 2 is 1.94 bits per heavy atom. The highest BCUT2D eigenvalue weighted by molar-refractivity contribution is 5.85. The number of nitrogens with zero attached hydrogens (tertiary/aromatic N) is 1. The lowest BCUT2D eigenvalue weighted by Crippen LogP contribution is -2.41. The molecular formula is C14H21ClN2. The van der Waals surface area contributed by atoms with Crippen LogP contribution in [0, 0.1) is 0 Å². The predicted molar refractivity (Wildman–Crippen MR) is 73.6 cm³/mol. The minimum absolute atomic E-state index is 0. The number of nitrogens with one attached hydrogen (secondary N) is 1. The molecule has 1 heterocycles. The minimum Gasteiger partial charge on any atom is -0.315 e. The lowest BCUT2D eigenvalue weighted by atomic mass is 10.1. The molecule has 1 spiro atoms. The van der Waals surface area contributed by atoms with Crippen LogP contribution in [0.3, 0.4) is 0 Å². The molecule has 1 aromatic carbocycles. The van der Waals surface area contributed by atoms with Crippen molar-refractivity contribution < 1.29 is 0 Å². The van der Waals surface area contributed by atoms with Gasteiger partial charge in [-0.25, -0.2) is 0 Å². The molecule has 0 aromatic heterocycles. The van der Waals surface area contributed by atoms with Crippen LogP contribution in [0.4, 0.5) is 0 Å². The van der Waals surface area contributed by atoms with Gasteiger partial charge in [-0.05, 0) is 31.4 Å². The number of rotatable bonds is 2. The molecule has 17 heavy (non-hydrogen) atoms. The van der Waals surface area contributed by atoms with E-state index in [1.165, 1.54) is 44.5 Å². The van der Waals surface area contributed by atoms with Crippen LogP contribution in [0.5, 0.6) is 0 Å². The maximum atomic E-state index is 3.57. The summed E-state index contributed by atoms with van der Waals surface area (Å²) >= 11 is 0. The first-order valence-electron chi connectivity index (χ1n) is 6.39. The second kappa shape index (κ2) is 5.38. The Labute approximate surface area is 110 Å². The fraction of sp³-hybridized carbons (Fsp3) is 0.571. The third kappa shape index (κ3) is 2.82. The lowest BCUT2D eigenvalue weighted by molar-refractivity contribution is 0.181.